The Morgan fingerprint density at radius 1 is 1.08 bits per heavy atom. The maximum absolute atomic E-state index is 13.8. The number of rotatable bonds is 8. The van der Waals surface area contributed by atoms with Crippen LogP contribution in [-0.2, 0) is 13.1 Å². The first-order chi connectivity index (χ1) is 12.3. The fraction of sp³-hybridized carbons (Fsp3) is 0.263. The SMILES string of the molecule is OCCCN(Cc1ccncc1)Cc1cc(F)ccc1-n1cccn1. The summed E-state index contributed by atoms with van der Waals surface area (Å²) in [5.41, 5.74) is 2.84. The van der Waals surface area contributed by atoms with Crippen LogP contribution in [0.4, 0.5) is 4.39 Å². The highest BCUT2D eigenvalue weighted by atomic mass is 19.1. The highest BCUT2D eigenvalue weighted by molar-refractivity contribution is 5.40. The third kappa shape index (κ3) is 4.71. The van der Waals surface area contributed by atoms with Crippen molar-refractivity contribution in [3.63, 3.8) is 0 Å². The number of aliphatic hydroxyl groups is 1. The molecule has 3 rings (SSSR count). The number of hydrogen-bond donors (Lipinski definition) is 1. The molecule has 5 nitrogen and oxygen atoms in total. The molecule has 3 aromatic rings. The Balaban J connectivity index is 1.84. The normalized spacial score (nSPS) is 11.2. The van der Waals surface area contributed by atoms with E-state index in [1.54, 1.807) is 35.4 Å². The quantitative estimate of drug-likeness (QED) is 0.685. The topological polar surface area (TPSA) is 54.2 Å². The number of pyridine rings is 1. The lowest BCUT2D eigenvalue weighted by Crippen LogP contribution is -2.25. The summed E-state index contributed by atoms with van der Waals surface area (Å²) in [5, 5.41) is 13.4. The predicted molar refractivity (Wildman–Crippen MR) is 93.6 cm³/mol. The van der Waals surface area contributed by atoms with Crippen molar-refractivity contribution in [2.75, 3.05) is 13.2 Å². The Morgan fingerprint density at radius 3 is 2.64 bits per heavy atom. The minimum atomic E-state index is -0.267. The molecule has 0 spiro atoms. The summed E-state index contributed by atoms with van der Waals surface area (Å²) < 4.78 is 15.6. The lowest BCUT2D eigenvalue weighted by Gasteiger charge is -2.23. The van der Waals surface area contributed by atoms with Crippen LogP contribution in [-0.4, -0.2) is 37.9 Å². The third-order valence-electron chi connectivity index (χ3n) is 3.97. The number of halogens is 1. The van der Waals surface area contributed by atoms with Crippen LogP contribution in [0.25, 0.3) is 5.69 Å². The summed E-state index contributed by atoms with van der Waals surface area (Å²) in [6, 6.07) is 10.5. The van der Waals surface area contributed by atoms with Crippen molar-refractivity contribution in [2.24, 2.45) is 0 Å². The molecular weight excluding hydrogens is 319 g/mol. The van der Waals surface area contributed by atoms with E-state index in [9.17, 15) is 9.50 Å². The van der Waals surface area contributed by atoms with Gasteiger partial charge in [0.25, 0.3) is 0 Å². The van der Waals surface area contributed by atoms with E-state index in [4.69, 9.17) is 0 Å². The molecule has 0 radical (unpaired) electrons. The molecule has 0 fully saturated rings. The van der Waals surface area contributed by atoms with E-state index in [-0.39, 0.29) is 12.4 Å². The van der Waals surface area contributed by atoms with Gasteiger partial charge >= 0.3 is 0 Å². The maximum Gasteiger partial charge on any atom is 0.123 e. The van der Waals surface area contributed by atoms with Crippen LogP contribution in [0.15, 0.2) is 61.2 Å². The highest BCUT2D eigenvalue weighted by Crippen LogP contribution is 2.19. The van der Waals surface area contributed by atoms with Gasteiger partial charge in [-0.15, -0.1) is 0 Å². The average molecular weight is 340 g/mol. The second kappa shape index (κ2) is 8.50. The van der Waals surface area contributed by atoms with Crippen LogP contribution in [0, 0.1) is 5.82 Å². The van der Waals surface area contributed by atoms with Crippen molar-refractivity contribution < 1.29 is 9.50 Å². The van der Waals surface area contributed by atoms with Gasteiger partial charge in [-0.3, -0.25) is 9.88 Å². The summed E-state index contributed by atoms with van der Waals surface area (Å²) in [7, 11) is 0. The molecule has 0 bridgehead atoms. The van der Waals surface area contributed by atoms with Crippen molar-refractivity contribution in [2.45, 2.75) is 19.5 Å². The van der Waals surface area contributed by atoms with E-state index in [1.807, 2.05) is 24.4 Å². The molecule has 0 atom stereocenters. The number of benzene rings is 1. The highest BCUT2D eigenvalue weighted by Gasteiger charge is 2.12. The first-order valence-electron chi connectivity index (χ1n) is 8.27. The van der Waals surface area contributed by atoms with Gasteiger partial charge in [-0.05, 0) is 53.9 Å². The van der Waals surface area contributed by atoms with Crippen LogP contribution in [0.3, 0.4) is 0 Å². The Bertz CT molecular complexity index is 777. The molecular formula is C19H21FN4O. The standard InChI is InChI=1S/C19H21FN4O/c20-18-3-4-19(24-11-1-7-22-24)17(13-18)15-23(10-2-12-25)14-16-5-8-21-9-6-16/h1,3-9,11,13,25H,2,10,12,14-15H2. The number of hydrogen-bond acceptors (Lipinski definition) is 4. The fourth-order valence-electron chi connectivity index (χ4n) is 2.81. The molecule has 0 aliphatic heterocycles. The largest absolute Gasteiger partial charge is 0.396 e. The summed E-state index contributed by atoms with van der Waals surface area (Å²) >= 11 is 0. The van der Waals surface area contributed by atoms with Crippen LogP contribution in [0.5, 0.6) is 0 Å². The molecule has 130 valence electrons. The van der Waals surface area contributed by atoms with E-state index >= 15 is 0 Å². The first kappa shape index (κ1) is 17.3. The Hall–Kier alpha value is -2.57. The fourth-order valence-corrected chi connectivity index (χ4v) is 2.81. The second-order valence-electron chi connectivity index (χ2n) is 5.87. The Labute approximate surface area is 146 Å². The Kier molecular flexibility index (Phi) is 5.87. The van der Waals surface area contributed by atoms with Crippen LogP contribution in [0.1, 0.15) is 17.5 Å². The zero-order chi connectivity index (χ0) is 17.5. The summed E-state index contributed by atoms with van der Waals surface area (Å²) in [4.78, 5) is 6.23. The van der Waals surface area contributed by atoms with Crippen molar-refractivity contribution in [3.05, 3.63) is 78.1 Å². The van der Waals surface area contributed by atoms with Gasteiger partial charge in [-0.25, -0.2) is 9.07 Å². The minimum Gasteiger partial charge on any atom is -0.396 e. The van der Waals surface area contributed by atoms with E-state index in [1.165, 1.54) is 6.07 Å². The lowest BCUT2D eigenvalue weighted by atomic mass is 10.1. The molecule has 2 heterocycles. The van der Waals surface area contributed by atoms with Gasteiger partial charge in [0.1, 0.15) is 5.82 Å². The predicted octanol–water partition coefficient (Wildman–Crippen LogP) is 2.79. The molecule has 0 saturated heterocycles. The van der Waals surface area contributed by atoms with Gasteiger partial charge < -0.3 is 5.11 Å². The zero-order valence-corrected chi connectivity index (χ0v) is 13.9. The monoisotopic (exact) mass is 340 g/mol. The first-order valence-corrected chi connectivity index (χ1v) is 8.27. The van der Waals surface area contributed by atoms with Gasteiger partial charge in [0, 0.05) is 51.0 Å². The molecule has 0 aliphatic carbocycles. The zero-order valence-electron chi connectivity index (χ0n) is 13.9. The van der Waals surface area contributed by atoms with Gasteiger partial charge in [0.2, 0.25) is 0 Å². The van der Waals surface area contributed by atoms with Gasteiger partial charge in [0.15, 0.2) is 0 Å². The third-order valence-corrected chi connectivity index (χ3v) is 3.97. The average Bonchev–Trinajstić information content (AvgIpc) is 3.15. The van der Waals surface area contributed by atoms with E-state index in [0.717, 1.165) is 16.8 Å². The van der Waals surface area contributed by atoms with Crippen molar-refractivity contribution in [1.29, 1.82) is 0 Å². The number of aliphatic hydroxyl groups excluding tert-OH is 1. The number of nitrogens with zero attached hydrogens (tertiary/aromatic N) is 4. The molecule has 25 heavy (non-hydrogen) atoms. The smallest absolute Gasteiger partial charge is 0.123 e. The van der Waals surface area contributed by atoms with Gasteiger partial charge in [0.05, 0.1) is 5.69 Å². The molecule has 0 aliphatic rings. The second-order valence-corrected chi connectivity index (χ2v) is 5.87. The maximum atomic E-state index is 13.8. The molecule has 2 aromatic heterocycles. The molecule has 6 heteroatoms. The van der Waals surface area contributed by atoms with Gasteiger partial charge in [-0.2, -0.15) is 5.10 Å². The van der Waals surface area contributed by atoms with E-state index < -0.39 is 0 Å². The molecule has 0 unspecified atom stereocenters. The summed E-state index contributed by atoms with van der Waals surface area (Å²) in [5.74, 6) is -0.267. The molecule has 0 saturated carbocycles. The van der Waals surface area contributed by atoms with Crippen LogP contribution < -0.4 is 0 Å². The Morgan fingerprint density at radius 2 is 1.92 bits per heavy atom. The van der Waals surface area contributed by atoms with Crippen molar-refractivity contribution >= 4 is 0 Å². The van der Waals surface area contributed by atoms with Gasteiger partial charge in [-0.1, -0.05) is 0 Å². The molecule has 1 aromatic carbocycles. The van der Waals surface area contributed by atoms with Crippen LogP contribution in [0.2, 0.25) is 0 Å². The number of aromatic nitrogens is 3. The molecule has 0 amide bonds. The minimum absolute atomic E-state index is 0.127. The van der Waals surface area contributed by atoms with Crippen molar-refractivity contribution in [1.82, 2.24) is 19.7 Å². The molecule has 1 N–H and O–H groups in total. The van der Waals surface area contributed by atoms with E-state index in [0.29, 0.717) is 26.1 Å². The van der Waals surface area contributed by atoms with E-state index in [2.05, 4.69) is 15.0 Å². The summed E-state index contributed by atoms with van der Waals surface area (Å²) in [6.07, 6.45) is 7.73. The lowest BCUT2D eigenvalue weighted by molar-refractivity contribution is 0.212. The summed E-state index contributed by atoms with van der Waals surface area (Å²) in [6.45, 7) is 2.11. The van der Waals surface area contributed by atoms with Crippen molar-refractivity contribution in [3.8, 4) is 5.69 Å². The van der Waals surface area contributed by atoms with Crippen LogP contribution >= 0.6 is 0 Å².